The number of hydrogen-bond donors (Lipinski definition) is 0. The average Bonchev–Trinajstić information content (AvgIpc) is 3.16. The first-order valence-electron chi connectivity index (χ1n) is 7.67. The lowest BCUT2D eigenvalue weighted by molar-refractivity contribution is 0.0104. The maximum atomic E-state index is 12.4. The second-order valence-corrected chi connectivity index (χ2v) is 6.49. The Bertz CT molecular complexity index is 648. The molecule has 2 aromatic rings. The molecule has 4 heterocycles. The molecule has 0 aliphatic carbocycles. The molecule has 22 heavy (non-hydrogen) atoms. The summed E-state index contributed by atoms with van der Waals surface area (Å²) < 4.78 is 5.13. The molecule has 2 aliphatic rings. The van der Waals surface area contributed by atoms with Crippen LogP contribution in [0.4, 0.5) is 0 Å². The molecule has 2 saturated heterocycles. The summed E-state index contributed by atoms with van der Waals surface area (Å²) in [6.45, 7) is 4.85. The van der Waals surface area contributed by atoms with E-state index < -0.39 is 0 Å². The zero-order chi connectivity index (χ0) is 15.0. The lowest BCUT2D eigenvalue weighted by Crippen LogP contribution is -2.59. The molecule has 4 rings (SSSR count). The predicted molar refractivity (Wildman–Crippen MR) is 81.2 cm³/mol. The molecule has 1 spiro atoms. The number of carbonyl (C=O) groups excluding carboxylic acids is 1. The van der Waals surface area contributed by atoms with Gasteiger partial charge in [0.05, 0.1) is 12.5 Å². The van der Waals surface area contributed by atoms with Gasteiger partial charge in [-0.25, -0.2) is 0 Å². The molecule has 2 aromatic heterocycles. The monoisotopic (exact) mass is 297 g/mol. The molecule has 0 bridgehead atoms. The molecule has 0 atom stereocenters. The summed E-state index contributed by atoms with van der Waals surface area (Å²) in [4.78, 5) is 20.8. The molecular formula is C17H19N3O2. The van der Waals surface area contributed by atoms with Crippen molar-refractivity contribution in [3.05, 3.63) is 54.2 Å². The highest BCUT2D eigenvalue weighted by Crippen LogP contribution is 2.40. The first-order valence-corrected chi connectivity index (χ1v) is 7.67. The third kappa shape index (κ3) is 2.41. The van der Waals surface area contributed by atoms with Crippen LogP contribution in [0.3, 0.4) is 0 Å². The smallest absolute Gasteiger partial charge is 0.254 e. The molecule has 5 nitrogen and oxygen atoms in total. The number of nitrogens with zero attached hydrogens (tertiary/aromatic N) is 3. The number of carbonyl (C=O) groups is 1. The minimum absolute atomic E-state index is 0.126. The number of hydrogen-bond acceptors (Lipinski definition) is 4. The van der Waals surface area contributed by atoms with Gasteiger partial charge >= 0.3 is 0 Å². The summed E-state index contributed by atoms with van der Waals surface area (Å²) in [6.07, 6.45) is 8.05. The van der Waals surface area contributed by atoms with Crippen molar-refractivity contribution < 1.29 is 9.21 Å². The van der Waals surface area contributed by atoms with Gasteiger partial charge in [0, 0.05) is 55.1 Å². The molecule has 2 aliphatic heterocycles. The van der Waals surface area contributed by atoms with Gasteiger partial charge in [0.1, 0.15) is 0 Å². The van der Waals surface area contributed by atoms with E-state index >= 15 is 0 Å². The van der Waals surface area contributed by atoms with Crippen molar-refractivity contribution in [2.24, 2.45) is 5.41 Å². The lowest BCUT2D eigenvalue weighted by Gasteiger charge is -2.48. The first-order chi connectivity index (χ1) is 10.7. The summed E-state index contributed by atoms with van der Waals surface area (Å²) in [7, 11) is 0. The van der Waals surface area contributed by atoms with Crippen molar-refractivity contribution >= 4 is 5.91 Å². The zero-order valence-electron chi connectivity index (χ0n) is 12.4. The van der Waals surface area contributed by atoms with Crippen LogP contribution >= 0.6 is 0 Å². The highest BCUT2D eigenvalue weighted by molar-refractivity contribution is 5.94. The Kier molecular flexibility index (Phi) is 3.22. The summed E-state index contributed by atoms with van der Waals surface area (Å²) in [5, 5.41) is 0. The molecule has 1 amide bonds. The summed E-state index contributed by atoms with van der Waals surface area (Å²) in [6, 6.07) is 5.59. The van der Waals surface area contributed by atoms with Crippen molar-refractivity contribution in [2.75, 3.05) is 26.2 Å². The van der Waals surface area contributed by atoms with E-state index in [4.69, 9.17) is 4.42 Å². The molecule has 0 radical (unpaired) electrons. The normalized spacial score (nSPS) is 20.3. The maximum Gasteiger partial charge on any atom is 0.254 e. The van der Waals surface area contributed by atoms with Crippen LogP contribution in [0, 0.1) is 5.41 Å². The third-order valence-electron chi connectivity index (χ3n) is 4.77. The van der Waals surface area contributed by atoms with Crippen LogP contribution in [-0.2, 0) is 6.54 Å². The van der Waals surface area contributed by atoms with Gasteiger partial charge < -0.3 is 9.32 Å². The average molecular weight is 297 g/mol. The van der Waals surface area contributed by atoms with Gasteiger partial charge in [-0.15, -0.1) is 0 Å². The Morgan fingerprint density at radius 1 is 1.23 bits per heavy atom. The van der Waals surface area contributed by atoms with Crippen LogP contribution in [0.5, 0.6) is 0 Å². The molecule has 5 heteroatoms. The SMILES string of the molecule is O=C(c1ccncc1)N1CC2(CCN(Cc3ccoc3)C2)C1. The van der Waals surface area contributed by atoms with Crippen LogP contribution in [0.2, 0.25) is 0 Å². The van der Waals surface area contributed by atoms with E-state index in [2.05, 4.69) is 9.88 Å². The summed E-state index contributed by atoms with van der Waals surface area (Å²) >= 11 is 0. The van der Waals surface area contributed by atoms with E-state index in [0.717, 1.165) is 38.3 Å². The van der Waals surface area contributed by atoms with E-state index in [0.29, 0.717) is 5.41 Å². The number of rotatable bonds is 3. The second-order valence-electron chi connectivity index (χ2n) is 6.49. The fourth-order valence-electron chi connectivity index (χ4n) is 3.65. The van der Waals surface area contributed by atoms with E-state index in [9.17, 15) is 4.79 Å². The van der Waals surface area contributed by atoms with Gasteiger partial charge in [0.25, 0.3) is 5.91 Å². The van der Waals surface area contributed by atoms with Gasteiger partial charge in [-0.1, -0.05) is 0 Å². The minimum atomic E-state index is 0.126. The van der Waals surface area contributed by atoms with Crippen LogP contribution in [0.1, 0.15) is 22.3 Å². The highest BCUT2D eigenvalue weighted by Gasteiger charge is 2.49. The molecular weight excluding hydrogens is 278 g/mol. The fraction of sp³-hybridized carbons (Fsp3) is 0.412. The van der Waals surface area contributed by atoms with E-state index in [-0.39, 0.29) is 5.91 Å². The Morgan fingerprint density at radius 3 is 2.77 bits per heavy atom. The Labute approximate surface area is 129 Å². The number of furan rings is 1. The fourth-order valence-corrected chi connectivity index (χ4v) is 3.65. The van der Waals surface area contributed by atoms with Crippen molar-refractivity contribution in [1.82, 2.24) is 14.8 Å². The third-order valence-corrected chi connectivity index (χ3v) is 4.77. The molecule has 0 saturated carbocycles. The van der Waals surface area contributed by atoms with Crippen LogP contribution in [0.25, 0.3) is 0 Å². The van der Waals surface area contributed by atoms with Crippen molar-refractivity contribution in [2.45, 2.75) is 13.0 Å². The predicted octanol–water partition coefficient (Wildman–Crippen LogP) is 2.02. The van der Waals surface area contributed by atoms with Crippen LogP contribution in [-0.4, -0.2) is 46.9 Å². The zero-order valence-corrected chi connectivity index (χ0v) is 12.4. The Balaban J connectivity index is 1.34. The van der Waals surface area contributed by atoms with Crippen molar-refractivity contribution in [3.63, 3.8) is 0 Å². The lowest BCUT2D eigenvalue weighted by atomic mass is 9.78. The molecule has 2 fully saturated rings. The molecule has 0 unspecified atom stereocenters. The standard InChI is InChI=1S/C17H19N3O2/c21-16(15-1-5-18-6-2-15)20-12-17(13-20)4-7-19(11-17)9-14-3-8-22-10-14/h1-3,5-6,8,10H,4,7,9,11-13H2. The number of amides is 1. The Hall–Kier alpha value is -2.14. The van der Waals surface area contributed by atoms with Gasteiger partial charge in [0.15, 0.2) is 0 Å². The second kappa shape index (κ2) is 5.25. The van der Waals surface area contributed by atoms with Gasteiger partial charge in [-0.05, 0) is 31.2 Å². The van der Waals surface area contributed by atoms with Crippen LogP contribution in [0.15, 0.2) is 47.5 Å². The number of pyridine rings is 1. The van der Waals surface area contributed by atoms with Crippen molar-refractivity contribution in [1.29, 1.82) is 0 Å². The van der Waals surface area contributed by atoms with Crippen molar-refractivity contribution in [3.8, 4) is 0 Å². The van der Waals surface area contributed by atoms with E-state index in [1.54, 1.807) is 30.8 Å². The Morgan fingerprint density at radius 2 is 2.05 bits per heavy atom. The number of likely N-dealkylation sites (tertiary alicyclic amines) is 2. The van der Waals surface area contributed by atoms with Gasteiger partial charge in [-0.3, -0.25) is 14.7 Å². The first kappa shape index (κ1) is 13.5. The van der Waals surface area contributed by atoms with Gasteiger partial charge in [-0.2, -0.15) is 0 Å². The summed E-state index contributed by atoms with van der Waals surface area (Å²) in [5.74, 6) is 0.126. The van der Waals surface area contributed by atoms with E-state index in [1.807, 2.05) is 17.2 Å². The summed E-state index contributed by atoms with van der Waals surface area (Å²) in [5.41, 5.74) is 2.26. The maximum absolute atomic E-state index is 12.4. The van der Waals surface area contributed by atoms with Gasteiger partial charge in [0.2, 0.25) is 0 Å². The molecule has 114 valence electrons. The largest absolute Gasteiger partial charge is 0.472 e. The molecule has 0 aromatic carbocycles. The van der Waals surface area contributed by atoms with E-state index in [1.165, 1.54) is 12.0 Å². The van der Waals surface area contributed by atoms with Crippen LogP contribution < -0.4 is 0 Å². The topological polar surface area (TPSA) is 49.6 Å². The minimum Gasteiger partial charge on any atom is -0.472 e. The highest BCUT2D eigenvalue weighted by atomic mass is 16.3. The quantitative estimate of drug-likeness (QED) is 0.870. The number of aromatic nitrogens is 1. The molecule has 0 N–H and O–H groups in total.